The standard InChI is InChI=1S/C15H20N4O/c1-11-4-3-5-13(8-11)12(2)18-15(20)14-9-19(7-6-16)10-17-14/h3-5,8-10,12H,6-7,16H2,1-2H3,(H,18,20)/t12-/m1/s1. The van der Waals surface area contributed by atoms with E-state index in [2.05, 4.69) is 16.4 Å². The number of carbonyl (C=O) groups is 1. The van der Waals surface area contributed by atoms with Gasteiger partial charge in [-0.05, 0) is 19.4 Å². The molecule has 1 aromatic heterocycles. The van der Waals surface area contributed by atoms with E-state index in [-0.39, 0.29) is 11.9 Å². The smallest absolute Gasteiger partial charge is 0.271 e. The van der Waals surface area contributed by atoms with Crippen LogP contribution in [0.2, 0.25) is 0 Å². The van der Waals surface area contributed by atoms with E-state index in [9.17, 15) is 4.79 Å². The molecule has 5 heteroatoms. The average Bonchev–Trinajstić information content (AvgIpc) is 2.88. The van der Waals surface area contributed by atoms with E-state index in [0.717, 1.165) is 5.56 Å². The molecule has 20 heavy (non-hydrogen) atoms. The van der Waals surface area contributed by atoms with Crippen molar-refractivity contribution in [3.8, 4) is 0 Å². The number of nitrogens with zero attached hydrogens (tertiary/aromatic N) is 2. The fraction of sp³-hybridized carbons (Fsp3) is 0.333. The van der Waals surface area contributed by atoms with E-state index in [0.29, 0.717) is 18.8 Å². The topological polar surface area (TPSA) is 72.9 Å². The number of nitrogens with two attached hydrogens (primary N) is 1. The molecule has 2 aromatic rings. The Bertz CT molecular complexity index is 591. The highest BCUT2D eigenvalue weighted by molar-refractivity contribution is 5.92. The highest BCUT2D eigenvalue weighted by atomic mass is 16.1. The van der Waals surface area contributed by atoms with Gasteiger partial charge in [0.05, 0.1) is 12.4 Å². The van der Waals surface area contributed by atoms with Crippen LogP contribution in [0, 0.1) is 6.92 Å². The van der Waals surface area contributed by atoms with Crippen LogP contribution in [0.1, 0.15) is 34.6 Å². The Morgan fingerprint density at radius 2 is 2.30 bits per heavy atom. The van der Waals surface area contributed by atoms with Gasteiger partial charge in [-0.1, -0.05) is 29.8 Å². The predicted molar refractivity (Wildman–Crippen MR) is 78.3 cm³/mol. The highest BCUT2D eigenvalue weighted by Crippen LogP contribution is 2.14. The Morgan fingerprint density at radius 1 is 1.50 bits per heavy atom. The maximum Gasteiger partial charge on any atom is 0.271 e. The third-order valence-corrected chi connectivity index (χ3v) is 3.14. The van der Waals surface area contributed by atoms with Crippen LogP contribution < -0.4 is 11.1 Å². The molecule has 1 atom stereocenters. The molecule has 0 aliphatic heterocycles. The second-order valence-electron chi connectivity index (χ2n) is 4.89. The second-order valence-corrected chi connectivity index (χ2v) is 4.89. The SMILES string of the molecule is Cc1cccc([C@@H](C)NC(=O)c2cn(CCN)cn2)c1. The number of carbonyl (C=O) groups excluding carboxylic acids is 1. The van der Waals surface area contributed by atoms with Crippen LogP contribution in [0.4, 0.5) is 0 Å². The summed E-state index contributed by atoms with van der Waals surface area (Å²) in [5, 5.41) is 2.95. The average molecular weight is 272 g/mol. The monoisotopic (exact) mass is 272 g/mol. The van der Waals surface area contributed by atoms with Crippen molar-refractivity contribution in [1.29, 1.82) is 0 Å². The lowest BCUT2D eigenvalue weighted by atomic mass is 10.1. The predicted octanol–water partition coefficient (Wildman–Crippen LogP) is 1.64. The van der Waals surface area contributed by atoms with Gasteiger partial charge in [-0.3, -0.25) is 4.79 Å². The minimum absolute atomic E-state index is 0.0536. The molecular weight excluding hydrogens is 252 g/mol. The molecule has 0 saturated heterocycles. The molecule has 1 aromatic carbocycles. The maximum absolute atomic E-state index is 12.1. The molecule has 5 nitrogen and oxygen atoms in total. The third-order valence-electron chi connectivity index (χ3n) is 3.14. The van der Waals surface area contributed by atoms with Gasteiger partial charge < -0.3 is 15.6 Å². The fourth-order valence-corrected chi connectivity index (χ4v) is 2.04. The summed E-state index contributed by atoms with van der Waals surface area (Å²) in [7, 11) is 0. The van der Waals surface area contributed by atoms with Crippen LogP contribution in [-0.4, -0.2) is 22.0 Å². The van der Waals surface area contributed by atoms with Gasteiger partial charge in [0, 0.05) is 19.3 Å². The number of rotatable bonds is 5. The summed E-state index contributed by atoms with van der Waals surface area (Å²) >= 11 is 0. The summed E-state index contributed by atoms with van der Waals surface area (Å²) in [4.78, 5) is 16.2. The van der Waals surface area contributed by atoms with Crippen LogP contribution >= 0.6 is 0 Å². The van der Waals surface area contributed by atoms with Crippen molar-refractivity contribution in [2.75, 3.05) is 6.54 Å². The Hall–Kier alpha value is -2.14. The number of aryl methyl sites for hydroxylation is 1. The van der Waals surface area contributed by atoms with Crippen LogP contribution in [0.25, 0.3) is 0 Å². The molecule has 0 aliphatic carbocycles. The Balaban J connectivity index is 2.03. The minimum atomic E-state index is -0.172. The summed E-state index contributed by atoms with van der Waals surface area (Å²) < 4.78 is 1.81. The molecule has 0 fully saturated rings. The first-order chi connectivity index (χ1) is 9.60. The third kappa shape index (κ3) is 3.45. The second kappa shape index (κ2) is 6.34. The van der Waals surface area contributed by atoms with E-state index in [4.69, 9.17) is 5.73 Å². The van der Waals surface area contributed by atoms with Crippen molar-refractivity contribution in [3.63, 3.8) is 0 Å². The summed E-state index contributed by atoms with van der Waals surface area (Å²) in [5.41, 5.74) is 8.14. The zero-order valence-corrected chi connectivity index (χ0v) is 11.8. The number of benzene rings is 1. The van der Waals surface area contributed by atoms with E-state index in [1.807, 2.05) is 36.6 Å². The van der Waals surface area contributed by atoms with Gasteiger partial charge in [-0.25, -0.2) is 4.98 Å². The molecule has 0 spiro atoms. The van der Waals surface area contributed by atoms with Crippen molar-refractivity contribution in [1.82, 2.24) is 14.9 Å². The Labute approximate surface area is 118 Å². The van der Waals surface area contributed by atoms with E-state index < -0.39 is 0 Å². The lowest BCUT2D eigenvalue weighted by molar-refractivity contribution is 0.0935. The molecule has 3 N–H and O–H groups in total. The summed E-state index contributed by atoms with van der Waals surface area (Å²) in [5.74, 6) is -0.172. The lowest BCUT2D eigenvalue weighted by Gasteiger charge is -2.14. The van der Waals surface area contributed by atoms with Crippen LogP contribution in [0.5, 0.6) is 0 Å². The highest BCUT2D eigenvalue weighted by Gasteiger charge is 2.13. The van der Waals surface area contributed by atoms with E-state index >= 15 is 0 Å². The van der Waals surface area contributed by atoms with Crippen molar-refractivity contribution in [2.24, 2.45) is 5.73 Å². The van der Waals surface area contributed by atoms with E-state index in [1.165, 1.54) is 5.56 Å². The number of imidazole rings is 1. The molecule has 106 valence electrons. The van der Waals surface area contributed by atoms with Gasteiger partial charge in [0.25, 0.3) is 5.91 Å². The number of hydrogen-bond donors (Lipinski definition) is 2. The largest absolute Gasteiger partial charge is 0.344 e. The molecule has 0 radical (unpaired) electrons. The van der Waals surface area contributed by atoms with Gasteiger partial charge in [0.1, 0.15) is 5.69 Å². The molecule has 2 rings (SSSR count). The molecule has 0 bridgehead atoms. The van der Waals surface area contributed by atoms with Crippen LogP contribution in [0.15, 0.2) is 36.8 Å². The molecule has 1 amide bonds. The number of nitrogens with one attached hydrogen (secondary N) is 1. The lowest BCUT2D eigenvalue weighted by Crippen LogP contribution is -2.27. The Kier molecular flexibility index (Phi) is 4.53. The summed E-state index contributed by atoms with van der Waals surface area (Å²) in [6.07, 6.45) is 3.34. The summed E-state index contributed by atoms with van der Waals surface area (Å²) in [6.45, 7) is 5.18. The fourth-order valence-electron chi connectivity index (χ4n) is 2.04. The molecule has 1 heterocycles. The first-order valence-corrected chi connectivity index (χ1v) is 6.69. The molecule has 0 aliphatic rings. The zero-order chi connectivity index (χ0) is 14.5. The quantitative estimate of drug-likeness (QED) is 0.869. The first-order valence-electron chi connectivity index (χ1n) is 6.69. The molecule has 0 unspecified atom stereocenters. The van der Waals surface area contributed by atoms with Crippen molar-refractivity contribution >= 4 is 5.91 Å². The van der Waals surface area contributed by atoms with Gasteiger partial charge in [-0.2, -0.15) is 0 Å². The molecule has 0 saturated carbocycles. The number of hydrogen-bond acceptors (Lipinski definition) is 3. The van der Waals surface area contributed by atoms with Gasteiger partial charge in [0.2, 0.25) is 0 Å². The first kappa shape index (κ1) is 14.3. The zero-order valence-electron chi connectivity index (χ0n) is 11.8. The van der Waals surface area contributed by atoms with Crippen LogP contribution in [0.3, 0.4) is 0 Å². The van der Waals surface area contributed by atoms with Crippen LogP contribution in [-0.2, 0) is 6.54 Å². The molecular formula is C15H20N4O. The van der Waals surface area contributed by atoms with E-state index in [1.54, 1.807) is 12.5 Å². The minimum Gasteiger partial charge on any atom is -0.344 e. The van der Waals surface area contributed by atoms with Gasteiger partial charge >= 0.3 is 0 Å². The summed E-state index contributed by atoms with van der Waals surface area (Å²) in [6, 6.07) is 8.04. The normalized spacial score (nSPS) is 12.2. The van der Waals surface area contributed by atoms with Crippen molar-refractivity contribution in [3.05, 3.63) is 53.6 Å². The van der Waals surface area contributed by atoms with Gasteiger partial charge in [-0.15, -0.1) is 0 Å². The maximum atomic E-state index is 12.1. The number of aromatic nitrogens is 2. The Morgan fingerprint density at radius 3 is 3.00 bits per heavy atom. The van der Waals surface area contributed by atoms with Crippen molar-refractivity contribution in [2.45, 2.75) is 26.4 Å². The number of amides is 1. The van der Waals surface area contributed by atoms with Gasteiger partial charge in [0.15, 0.2) is 0 Å². The van der Waals surface area contributed by atoms with Crippen molar-refractivity contribution < 1.29 is 4.79 Å².